The molecule has 0 aliphatic rings. The summed E-state index contributed by atoms with van der Waals surface area (Å²) in [5.41, 5.74) is 1.48. The molecule has 2 rings (SSSR count). The van der Waals surface area contributed by atoms with E-state index in [0.717, 1.165) is 5.56 Å². The second-order valence-corrected chi connectivity index (χ2v) is 5.62. The average Bonchev–Trinajstić information content (AvgIpc) is 2.46. The summed E-state index contributed by atoms with van der Waals surface area (Å²) in [6.07, 6.45) is 0. The van der Waals surface area contributed by atoms with Gasteiger partial charge in [0.2, 0.25) is 0 Å². The van der Waals surface area contributed by atoms with Crippen LogP contribution in [0.4, 0.5) is 10.1 Å². The van der Waals surface area contributed by atoms with Gasteiger partial charge in [-0.15, -0.1) is 0 Å². The first-order valence-electron chi connectivity index (χ1n) is 5.91. The van der Waals surface area contributed by atoms with Crippen LogP contribution < -0.4 is 4.74 Å². The molecular formula is C14H10Br2FNO3. The van der Waals surface area contributed by atoms with Gasteiger partial charge in [-0.2, -0.15) is 0 Å². The number of nitrogens with zero attached hydrogens (tertiary/aromatic N) is 1. The van der Waals surface area contributed by atoms with Crippen molar-refractivity contribution in [3.63, 3.8) is 0 Å². The SMILES string of the molecule is O=[N+]([O-])c1ccc(OCc2ccc(F)cc2Br)c(CBr)c1. The van der Waals surface area contributed by atoms with Crippen molar-refractivity contribution in [2.45, 2.75) is 11.9 Å². The Morgan fingerprint density at radius 1 is 1.19 bits per heavy atom. The summed E-state index contributed by atoms with van der Waals surface area (Å²) in [6, 6.07) is 8.75. The molecule has 0 atom stereocenters. The lowest BCUT2D eigenvalue weighted by atomic mass is 10.2. The molecule has 0 aliphatic carbocycles. The molecule has 0 fully saturated rings. The van der Waals surface area contributed by atoms with Gasteiger partial charge in [0.25, 0.3) is 5.69 Å². The largest absolute Gasteiger partial charge is 0.489 e. The standard InChI is InChI=1S/C14H10Br2FNO3/c15-7-10-5-12(18(19)20)3-4-14(10)21-8-9-1-2-11(17)6-13(9)16/h1-6H,7-8H2. The number of ether oxygens (including phenoxy) is 1. The number of hydrogen-bond acceptors (Lipinski definition) is 3. The normalized spacial score (nSPS) is 10.4. The van der Waals surface area contributed by atoms with E-state index < -0.39 is 4.92 Å². The first kappa shape index (κ1) is 15.9. The Balaban J connectivity index is 2.17. The number of rotatable bonds is 5. The van der Waals surface area contributed by atoms with Crippen molar-refractivity contribution in [2.75, 3.05) is 0 Å². The molecule has 21 heavy (non-hydrogen) atoms. The zero-order valence-corrected chi connectivity index (χ0v) is 13.9. The van der Waals surface area contributed by atoms with Crippen LogP contribution in [0, 0.1) is 15.9 Å². The molecule has 0 spiro atoms. The number of nitro groups is 1. The third-order valence-electron chi connectivity index (χ3n) is 2.80. The van der Waals surface area contributed by atoms with Gasteiger partial charge < -0.3 is 4.74 Å². The van der Waals surface area contributed by atoms with Gasteiger partial charge in [-0.1, -0.05) is 37.9 Å². The Labute approximate surface area is 137 Å². The summed E-state index contributed by atoms with van der Waals surface area (Å²) in [6.45, 7) is 0.235. The molecule has 0 radical (unpaired) electrons. The van der Waals surface area contributed by atoms with E-state index in [9.17, 15) is 14.5 Å². The minimum absolute atomic E-state index is 0.0137. The van der Waals surface area contributed by atoms with Crippen LogP contribution in [-0.4, -0.2) is 4.92 Å². The maximum absolute atomic E-state index is 13.0. The quantitative estimate of drug-likeness (QED) is 0.391. The van der Waals surface area contributed by atoms with Gasteiger partial charge >= 0.3 is 0 Å². The van der Waals surface area contributed by atoms with Crippen molar-refractivity contribution in [1.82, 2.24) is 0 Å². The molecule has 110 valence electrons. The van der Waals surface area contributed by atoms with Crippen LogP contribution in [-0.2, 0) is 11.9 Å². The summed E-state index contributed by atoms with van der Waals surface area (Å²) in [5, 5.41) is 11.2. The Bertz CT molecular complexity index is 679. The van der Waals surface area contributed by atoms with Crippen LogP contribution in [0.2, 0.25) is 0 Å². The van der Waals surface area contributed by atoms with Gasteiger partial charge in [0.05, 0.1) is 4.92 Å². The fraction of sp³-hybridized carbons (Fsp3) is 0.143. The highest BCUT2D eigenvalue weighted by molar-refractivity contribution is 9.10. The van der Waals surface area contributed by atoms with E-state index in [1.807, 2.05) is 0 Å². The van der Waals surface area contributed by atoms with Crippen LogP contribution in [0.3, 0.4) is 0 Å². The molecule has 0 saturated heterocycles. The molecular weight excluding hydrogens is 409 g/mol. The molecule has 0 N–H and O–H groups in total. The van der Waals surface area contributed by atoms with Crippen molar-refractivity contribution in [2.24, 2.45) is 0 Å². The van der Waals surface area contributed by atoms with E-state index in [4.69, 9.17) is 4.74 Å². The van der Waals surface area contributed by atoms with E-state index in [1.165, 1.54) is 24.3 Å². The fourth-order valence-corrected chi connectivity index (χ4v) is 2.62. The van der Waals surface area contributed by atoms with Gasteiger partial charge in [0.1, 0.15) is 18.2 Å². The number of nitro benzene ring substituents is 1. The smallest absolute Gasteiger partial charge is 0.270 e. The first-order valence-corrected chi connectivity index (χ1v) is 7.82. The highest BCUT2D eigenvalue weighted by atomic mass is 79.9. The Kier molecular flexibility index (Phi) is 5.30. The van der Waals surface area contributed by atoms with Crippen molar-refractivity contribution in [1.29, 1.82) is 0 Å². The number of halogens is 3. The minimum Gasteiger partial charge on any atom is -0.489 e. The average molecular weight is 419 g/mol. The molecule has 0 unspecified atom stereocenters. The van der Waals surface area contributed by atoms with E-state index in [2.05, 4.69) is 31.9 Å². The summed E-state index contributed by atoms with van der Waals surface area (Å²) in [4.78, 5) is 10.3. The molecule has 0 heterocycles. The van der Waals surface area contributed by atoms with Gasteiger partial charge in [0, 0.05) is 33.1 Å². The minimum atomic E-state index is -0.452. The van der Waals surface area contributed by atoms with Crippen LogP contribution >= 0.6 is 31.9 Å². The number of benzene rings is 2. The Morgan fingerprint density at radius 2 is 1.95 bits per heavy atom. The molecule has 0 aliphatic heterocycles. The van der Waals surface area contributed by atoms with Crippen LogP contribution in [0.25, 0.3) is 0 Å². The van der Waals surface area contributed by atoms with Crippen molar-refractivity contribution < 1.29 is 14.1 Å². The molecule has 0 amide bonds. The van der Waals surface area contributed by atoms with Crippen LogP contribution in [0.15, 0.2) is 40.9 Å². The Hall–Kier alpha value is -1.47. The van der Waals surface area contributed by atoms with Crippen molar-refractivity contribution in [3.8, 4) is 5.75 Å². The van der Waals surface area contributed by atoms with E-state index in [0.29, 0.717) is 21.1 Å². The summed E-state index contributed by atoms with van der Waals surface area (Å²) < 4.78 is 19.3. The second-order valence-electron chi connectivity index (χ2n) is 4.21. The summed E-state index contributed by atoms with van der Waals surface area (Å²) >= 11 is 6.55. The van der Waals surface area contributed by atoms with E-state index in [-0.39, 0.29) is 18.1 Å². The predicted molar refractivity (Wildman–Crippen MR) is 84.2 cm³/mol. The third kappa shape index (κ3) is 4.01. The highest BCUT2D eigenvalue weighted by Crippen LogP contribution is 2.28. The second kappa shape index (κ2) is 7.00. The van der Waals surface area contributed by atoms with Gasteiger partial charge in [0.15, 0.2) is 0 Å². The first-order chi connectivity index (χ1) is 10.0. The van der Waals surface area contributed by atoms with Crippen LogP contribution in [0.5, 0.6) is 5.75 Å². The Morgan fingerprint density at radius 3 is 2.57 bits per heavy atom. The number of alkyl halides is 1. The lowest BCUT2D eigenvalue weighted by Gasteiger charge is -2.11. The van der Waals surface area contributed by atoms with Crippen molar-refractivity contribution in [3.05, 3.63) is 67.9 Å². The maximum Gasteiger partial charge on any atom is 0.270 e. The van der Waals surface area contributed by atoms with Crippen LogP contribution in [0.1, 0.15) is 11.1 Å². The van der Waals surface area contributed by atoms with Gasteiger partial charge in [-0.05, 0) is 18.2 Å². The molecule has 4 nitrogen and oxygen atoms in total. The zero-order chi connectivity index (χ0) is 15.4. The highest BCUT2D eigenvalue weighted by Gasteiger charge is 2.11. The predicted octanol–water partition coefficient (Wildman–Crippen LogP) is 4.97. The molecule has 0 saturated carbocycles. The number of hydrogen-bond donors (Lipinski definition) is 0. The molecule has 0 aromatic heterocycles. The third-order valence-corrected chi connectivity index (χ3v) is 4.14. The van der Waals surface area contributed by atoms with E-state index in [1.54, 1.807) is 12.1 Å². The van der Waals surface area contributed by atoms with Crippen molar-refractivity contribution >= 4 is 37.5 Å². The molecule has 7 heteroatoms. The maximum atomic E-state index is 13.0. The molecule has 2 aromatic carbocycles. The van der Waals surface area contributed by atoms with Gasteiger partial charge in [-0.25, -0.2) is 4.39 Å². The molecule has 2 aromatic rings. The lowest BCUT2D eigenvalue weighted by Crippen LogP contribution is -2.00. The zero-order valence-electron chi connectivity index (χ0n) is 10.7. The summed E-state index contributed by atoms with van der Waals surface area (Å²) in [5.74, 6) is 0.218. The lowest BCUT2D eigenvalue weighted by molar-refractivity contribution is -0.384. The monoisotopic (exact) mass is 417 g/mol. The fourth-order valence-electron chi connectivity index (χ4n) is 1.72. The summed E-state index contributed by atoms with van der Waals surface area (Å²) in [7, 11) is 0. The van der Waals surface area contributed by atoms with E-state index >= 15 is 0 Å². The van der Waals surface area contributed by atoms with Gasteiger partial charge in [-0.3, -0.25) is 10.1 Å². The molecule has 0 bridgehead atoms. The number of non-ortho nitro benzene ring substituents is 1. The topological polar surface area (TPSA) is 52.4 Å².